The maximum Gasteiger partial charge on any atom is 0.318 e. The summed E-state index contributed by atoms with van der Waals surface area (Å²) in [5.41, 5.74) is 0. The van der Waals surface area contributed by atoms with Gasteiger partial charge in [0.25, 0.3) is 0 Å². The first kappa shape index (κ1) is 12.5. The summed E-state index contributed by atoms with van der Waals surface area (Å²) < 4.78 is 0. The van der Waals surface area contributed by atoms with Crippen molar-refractivity contribution in [2.24, 2.45) is 0 Å². The maximum atomic E-state index is 11.8. The van der Waals surface area contributed by atoms with Crippen LogP contribution in [0.25, 0.3) is 0 Å². The van der Waals surface area contributed by atoms with Crippen molar-refractivity contribution in [1.29, 1.82) is 0 Å². The van der Waals surface area contributed by atoms with E-state index in [1.807, 2.05) is 6.92 Å². The van der Waals surface area contributed by atoms with Crippen LogP contribution in [0.5, 0.6) is 0 Å². The standard InChI is InChI=1S/C11H18N2O3/c1-3-8(2)12-11(16)13(9-4-5-9)7-6-10(14)15/h3,8-9H,1,4-7H2,2H3,(H,12,16)(H,14,15). The first-order valence-corrected chi connectivity index (χ1v) is 5.46. The van der Waals surface area contributed by atoms with E-state index in [1.165, 1.54) is 0 Å². The molecular weight excluding hydrogens is 208 g/mol. The minimum Gasteiger partial charge on any atom is -0.481 e. The topological polar surface area (TPSA) is 69.6 Å². The highest BCUT2D eigenvalue weighted by molar-refractivity contribution is 5.76. The van der Waals surface area contributed by atoms with Crippen LogP contribution in [0.2, 0.25) is 0 Å². The molecule has 1 atom stereocenters. The zero-order chi connectivity index (χ0) is 12.1. The Morgan fingerprint density at radius 1 is 1.62 bits per heavy atom. The molecule has 2 amide bonds. The molecule has 16 heavy (non-hydrogen) atoms. The average molecular weight is 226 g/mol. The van der Waals surface area contributed by atoms with Crippen LogP contribution in [0.1, 0.15) is 26.2 Å². The number of nitrogens with one attached hydrogen (secondary N) is 1. The number of carbonyl (C=O) groups excluding carboxylic acids is 1. The molecule has 90 valence electrons. The maximum absolute atomic E-state index is 11.8. The molecular formula is C11H18N2O3. The van der Waals surface area contributed by atoms with Crippen LogP contribution in [0, 0.1) is 0 Å². The third-order valence-corrected chi connectivity index (χ3v) is 2.52. The quantitative estimate of drug-likeness (QED) is 0.669. The summed E-state index contributed by atoms with van der Waals surface area (Å²) in [7, 11) is 0. The van der Waals surface area contributed by atoms with Crippen molar-refractivity contribution in [1.82, 2.24) is 10.2 Å². The first-order valence-electron chi connectivity index (χ1n) is 5.46. The molecule has 1 saturated carbocycles. The largest absolute Gasteiger partial charge is 0.481 e. The zero-order valence-corrected chi connectivity index (χ0v) is 9.48. The van der Waals surface area contributed by atoms with E-state index in [1.54, 1.807) is 11.0 Å². The van der Waals surface area contributed by atoms with E-state index in [4.69, 9.17) is 5.11 Å². The molecule has 0 aromatic carbocycles. The van der Waals surface area contributed by atoms with Crippen molar-refractivity contribution in [2.45, 2.75) is 38.3 Å². The lowest BCUT2D eigenvalue weighted by atomic mass is 10.3. The fourth-order valence-corrected chi connectivity index (χ4v) is 1.39. The van der Waals surface area contributed by atoms with E-state index < -0.39 is 5.97 Å². The van der Waals surface area contributed by atoms with Gasteiger partial charge in [-0.2, -0.15) is 0 Å². The van der Waals surface area contributed by atoms with Crippen LogP contribution in [0.15, 0.2) is 12.7 Å². The SMILES string of the molecule is C=CC(C)NC(=O)N(CCC(=O)O)C1CC1. The Morgan fingerprint density at radius 3 is 2.69 bits per heavy atom. The molecule has 2 N–H and O–H groups in total. The molecule has 0 aliphatic heterocycles. The Bertz CT molecular complexity index is 287. The number of nitrogens with zero attached hydrogens (tertiary/aromatic N) is 1. The van der Waals surface area contributed by atoms with Crippen molar-refractivity contribution >= 4 is 12.0 Å². The van der Waals surface area contributed by atoms with E-state index in [0.29, 0.717) is 0 Å². The molecule has 0 spiro atoms. The van der Waals surface area contributed by atoms with E-state index in [2.05, 4.69) is 11.9 Å². The van der Waals surface area contributed by atoms with Gasteiger partial charge in [-0.3, -0.25) is 4.79 Å². The minimum absolute atomic E-state index is 0.00755. The van der Waals surface area contributed by atoms with Crippen molar-refractivity contribution in [3.8, 4) is 0 Å². The summed E-state index contributed by atoms with van der Waals surface area (Å²) in [6.07, 6.45) is 3.57. The number of carboxylic acids is 1. The molecule has 5 nitrogen and oxygen atoms in total. The number of hydrogen-bond acceptors (Lipinski definition) is 2. The molecule has 1 aliphatic carbocycles. The van der Waals surface area contributed by atoms with Gasteiger partial charge in [0.05, 0.1) is 6.42 Å². The molecule has 1 aliphatic rings. The predicted octanol–water partition coefficient (Wildman–Crippen LogP) is 1.21. The highest BCUT2D eigenvalue weighted by Gasteiger charge is 2.32. The molecule has 1 unspecified atom stereocenters. The zero-order valence-electron chi connectivity index (χ0n) is 9.48. The predicted molar refractivity (Wildman–Crippen MR) is 60.2 cm³/mol. The lowest BCUT2D eigenvalue weighted by Crippen LogP contribution is -2.45. The Morgan fingerprint density at radius 2 is 2.25 bits per heavy atom. The summed E-state index contributed by atoms with van der Waals surface area (Å²) in [6.45, 7) is 5.68. The van der Waals surface area contributed by atoms with E-state index in [0.717, 1.165) is 12.8 Å². The smallest absolute Gasteiger partial charge is 0.318 e. The Hall–Kier alpha value is -1.52. The number of hydrogen-bond donors (Lipinski definition) is 2. The van der Waals surface area contributed by atoms with Gasteiger partial charge in [-0.1, -0.05) is 6.08 Å². The van der Waals surface area contributed by atoms with Crippen molar-refractivity contribution in [3.05, 3.63) is 12.7 Å². The number of amides is 2. The van der Waals surface area contributed by atoms with Gasteiger partial charge in [0.15, 0.2) is 0 Å². The summed E-state index contributed by atoms with van der Waals surface area (Å²) >= 11 is 0. The summed E-state index contributed by atoms with van der Waals surface area (Å²) in [5.74, 6) is -0.879. The van der Waals surface area contributed by atoms with Gasteiger partial charge in [-0.15, -0.1) is 6.58 Å². The molecule has 5 heteroatoms. The minimum atomic E-state index is -0.879. The lowest BCUT2D eigenvalue weighted by Gasteiger charge is -2.23. The molecule has 0 bridgehead atoms. The van der Waals surface area contributed by atoms with Gasteiger partial charge in [0.1, 0.15) is 0 Å². The highest BCUT2D eigenvalue weighted by atomic mass is 16.4. The van der Waals surface area contributed by atoms with Crippen LogP contribution in [-0.4, -0.2) is 40.6 Å². The second kappa shape index (κ2) is 5.53. The van der Waals surface area contributed by atoms with Gasteiger partial charge in [0, 0.05) is 18.6 Å². The molecule has 0 radical (unpaired) electrons. The lowest BCUT2D eigenvalue weighted by molar-refractivity contribution is -0.137. The van der Waals surface area contributed by atoms with E-state index in [9.17, 15) is 9.59 Å². The van der Waals surface area contributed by atoms with Crippen molar-refractivity contribution in [3.63, 3.8) is 0 Å². The Labute approximate surface area is 95.1 Å². The van der Waals surface area contributed by atoms with Gasteiger partial charge >= 0.3 is 12.0 Å². The second-order valence-electron chi connectivity index (χ2n) is 4.04. The fourth-order valence-electron chi connectivity index (χ4n) is 1.39. The Balaban J connectivity index is 2.45. The molecule has 0 saturated heterocycles. The molecule has 0 aromatic heterocycles. The van der Waals surface area contributed by atoms with Crippen LogP contribution in [-0.2, 0) is 4.79 Å². The third-order valence-electron chi connectivity index (χ3n) is 2.52. The van der Waals surface area contributed by atoms with E-state index >= 15 is 0 Å². The first-order chi connectivity index (χ1) is 7.54. The number of rotatable bonds is 6. The monoisotopic (exact) mass is 226 g/mol. The molecule has 0 aromatic rings. The average Bonchev–Trinajstić information content (AvgIpc) is 3.01. The van der Waals surface area contributed by atoms with Crippen LogP contribution >= 0.6 is 0 Å². The second-order valence-corrected chi connectivity index (χ2v) is 4.04. The van der Waals surface area contributed by atoms with Crippen molar-refractivity contribution < 1.29 is 14.7 Å². The number of aliphatic carboxylic acids is 1. The van der Waals surface area contributed by atoms with Crippen LogP contribution < -0.4 is 5.32 Å². The normalized spacial score (nSPS) is 16.3. The molecule has 1 fully saturated rings. The summed E-state index contributed by atoms with van der Waals surface area (Å²) in [4.78, 5) is 23.9. The Kier molecular flexibility index (Phi) is 4.34. The van der Waals surface area contributed by atoms with Gasteiger partial charge in [0.2, 0.25) is 0 Å². The van der Waals surface area contributed by atoms with Crippen LogP contribution in [0.3, 0.4) is 0 Å². The summed E-state index contributed by atoms with van der Waals surface area (Å²) in [6, 6.07) is -0.0777. The fraction of sp³-hybridized carbons (Fsp3) is 0.636. The summed E-state index contributed by atoms with van der Waals surface area (Å²) in [5, 5.41) is 11.4. The molecule has 0 heterocycles. The number of carboxylic acid groups (broad SMARTS) is 1. The third kappa shape index (κ3) is 3.92. The number of carbonyl (C=O) groups is 2. The van der Waals surface area contributed by atoms with Gasteiger partial charge < -0.3 is 15.3 Å². The van der Waals surface area contributed by atoms with Crippen molar-refractivity contribution in [2.75, 3.05) is 6.54 Å². The van der Waals surface area contributed by atoms with Crippen LogP contribution in [0.4, 0.5) is 4.79 Å². The highest BCUT2D eigenvalue weighted by Crippen LogP contribution is 2.26. The number of urea groups is 1. The van der Waals surface area contributed by atoms with Gasteiger partial charge in [-0.05, 0) is 19.8 Å². The van der Waals surface area contributed by atoms with Gasteiger partial charge in [-0.25, -0.2) is 4.79 Å². The molecule has 1 rings (SSSR count). The van der Waals surface area contributed by atoms with E-state index in [-0.39, 0.29) is 31.1 Å².